The highest BCUT2D eigenvalue weighted by molar-refractivity contribution is 5.26. The standard InChI is InChI=1S/C21H26O6/c1-14-19(25-13-16-8-10-17(24-2)11-9-16)18(22)20(21(23)27-14)26-12-15-6-4-3-5-7-15/h3-11,14,18-23H,12-13H2,1-2H3/t14-,18+,19-,20+,21+/m0/s1. The lowest BCUT2D eigenvalue weighted by Crippen LogP contribution is -2.58. The summed E-state index contributed by atoms with van der Waals surface area (Å²) >= 11 is 0. The van der Waals surface area contributed by atoms with Gasteiger partial charge in [-0.15, -0.1) is 0 Å². The lowest BCUT2D eigenvalue weighted by atomic mass is 9.99. The van der Waals surface area contributed by atoms with Gasteiger partial charge in [-0.25, -0.2) is 0 Å². The van der Waals surface area contributed by atoms with Gasteiger partial charge in [-0.3, -0.25) is 0 Å². The van der Waals surface area contributed by atoms with E-state index in [2.05, 4.69) is 0 Å². The summed E-state index contributed by atoms with van der Waals surface area (Å²) in [5, 5.41) is 20.9. The molecule has 2 N–H and O–H groups in total. The van der Waals surface area contributed by atoms with Gasteiger partial charge in [0, 0.05) is 0 Å². The normalized spacial score (nSPS) is 28.1. The van der Waals surface area contributed by atoms with Crippen LogP contribution < -0.4 is 4.74 Å². The first-order valence-electron chi connectivity index (χ1n) is 9.00. The minimum absolute atomic E-state index is 0.266. The molecule has 0 saturated carbocycles. The van der Waals surface area contributed by atoms with E-state index < -0.39 is 30.7 Å². The number of aliphatic hydroxyl groups is 2. The zero-order chi connectivity index (χ0) is 19.2. The highest BCUT2D eigenvalue weighted by Crippen LogP contribution is 2.26. The van der Waals surface area contributed by atoms with Crippen molar-refractivity contribution in [1.82, 2.24) is 0 Å². The second kappa shape index (κ2) is 9.30. The second-order valence-corrected chi connectivity index (χ2v) is 6.61. The third-order valence-electron chi connectivity index (χ3n) is 4.66. The van der Waals surface area contributed by atoms with Gasteiger partial charge in [0.15, 0.2) is 6.29 Å². The Labute approximate surface area is 159 Å². The number of hydrogen-bond donors (Lipinski definition) is 2. The van der Waals surface area contributed by atoms with Crippen LogP contribution in [0.25, 0.3) is 0 Å². The third kappa shape index (κ3) is 5.06. The first-order chi connectivity index (χ1) is 13.1. The van der Waals surface area contributed by atoms with Gasteiger partial charge in [-0.2, -0.15) is 0 Å². The van der Waals surface area contributed by atoms with Gasteiger partial charge in [0.05, 0.1) is 26.4 Å². The molecule has 2 aromatic carbocycles. The summed E-state index contributed by atoms with van der Waals surface area (Å²) in [4.78, 5) is 0. The van der Waals surface area contributed by atoms with E-state index in [0.29, 0.717) is 6.61 Å². The quantitative estimate of drug-likeness (QED) is 0.774. The molecule has 0 unspecified atom stereocenters. The highest BCUT2D eigenvalue weighted by Gasteiger charge is 2.44. The Morgan fingerprint density at radius 2 is 1.44 bits per heavy atom. The van der Waals surface area contributed by atoms with E-state index >= 15 is 0 Å². The SMILES string of the molecule is COc1ccc(CO[C@@H]2[C@@H](O)[C@@H](OCc3ccccc3)[C@H](O)O[C@H]2C)cc1. The number of ether oxygens (including phenoxy) is 4. The van der Waals surface area contributed by atoms with Crippen molar-refractivity contribution < 1.29 is 29.2 Å². The molecule has 27 heavy (non-hydrogen) atoms. The van der Waals surface area contributed by atoms with Crippen LogP contribution in [0.5, 0.6) is 5.75 Å². The average Bonchev–Trinajstić information content (AvgIpc) is 2.68. The van der Waals surface area contributed by atoms with Crippen molar-refractivity contribution in [3.8, 4) is 5.75 Å². The molecule has 1 aliphatic rings. The minimum Gasteiger partial charge on any atom is -0.497 e. The first kappa shape index (κ1) is 19.8. The van der Waals surface area contributed by atoms with Crippen molar-refractivity contribution in [2.24, 2.45) is 0 Å². The number of rotatable bonds is 7. The number of methoxy groups -OCH3 is 1. The van der Waals surface area contributed by atoms with E-state index in [0.717, 1.165) is 16.9 Å². The molecule has 0 aliphatic carbocycles. The molecule has 1 heterocycles. The largest absolute Gasteiger partial charge is 0.497 e. The number of hydrogen-bond acceptors (Lipinski definition) is 6. The second-order valence-electron chi connectivity index (χ2n) is 6.61. The fourth-order valence-corrected chi connectivity index (χ4v) is 3.10. The summed E-state index contributed by atoms with van der Waals surface area (Å²) < 4.78 is 22.3. The Bertz CT molecular complexity index is 690. The van der Waals surface area contributed by atoms with Gasteiger partial charge in [0.1, 0.15) is 24.1 Å². The van der Waals surface area contributed by atoms with Crippen LogP contribution in [-0.4, -0.2) is 48.0 Å². The molecule has 6 heteroatoms. The molecule has 1 saturated heterocycles. The van der Waals surface area contributed by atoms with Crippen molar-refractivity contribution in [3.05, 3.63) is 65.7 Å². The summed E-state index contributed by atoms with van der Waals surface area (Å²) in [5.74, 6) is 0.769. The smallest absolute Gasteiger partial charge is 0.184 e. The fourth-order valence-electron chi connectivity index (χ4n) is 3.10. The Balaban J connectivity index is 1.59. The Kier molecular flexibility index (Phi) is 6.82. The van der Waals surface area contributed by atoms with E-state index in [9.17, 15) is 10.2 Å². The molecule has 0 aromatic heterocycles. The predicted octanol–water partition coefficient (Wildman–Crippen LogP) is 2.26. The van der Waals surface area contributed by atoms with Crippen LogP contribution in [0.4, 0.5) is 0 Å². The Morgan fingerprint density at radius 1 is 0.852 bits per heavy atom. The van der Waals surface area contributed by atoms with Gasteiger partial charge < -0.3 is 29.2 Å². The van der Waals surface area contributed by atoms with E-state index in [-0.39, 0.29) is 6.61 Å². The molecular formula is C21H26O6. The summed E-state index contributed by atoms with van der Waals surface area (Å²) in [7, 11) is 1.61. The summed E-state index contributed by atoms with van der Waals surface area (Å²) in [6, 6.07) is 17.1. The molecule has 0 bridgehead atoms. The zero-order valence-corrected chi connectivity index (χ0v) is 15.5. The van der Waals surface area contributed by atoms with E-state index in [4.69, 9.17) is 18.9 Å². The average molecular weight is 374 g/mol. The van der Waals surface area contributed by atoms with Crippen LogP contribution in [0.15, 0.2) is 54.6 Å². The van der Waals surface area contributed by atoms with Crippen molar-refractivity contribution in [2.45, 2.75) is 50.8 Å². The van der Waals surface area contributed by atoms with Crippen molar-refractivity contribution in [3.63, 3.8) is 0 Å². The van der Waals surface area contributed by atoms with Gasteiger partial charge in [0.25, 0.3) is 0 Å². The maximum atomic E-state index is 10.7. The zero-order valence-electron chi connectivity index (χ0n) is 15.5. The molecule has 146 valence electrons. The summed E-state index contributed by atoms with van der Waals surface area (Å²) in [6.45, 7) is 2.34. The van der Waals surface area contributed by atoms with Crippen LogP contribution in [0.1, 0.15) is 18.1 Å². The van der Waals surface area contributed by atoms with Gasteiger partial charge in [0.2, 0.25) is 0 Å². The molecule has 0 amide bonds. The van der Waals surface area contributed by atoms with E-state index in [1.165, 1.54) is 0 Å². The van der Waals surface area contributed by atoms with E-state index in [1.54, 1.807) is 14.0 Å². The predicted molar refractivity (Wildman–Crippen MR) is 99.2 cm³/mol. The van der Waals surface area contributed by atoms with E-state index in [1.807, 2.05) is 54.6 Å². The topological polar surface area (TPSA) is 77.4 Å². The van der Waals surface area contributed by atoms with Gasteiger partial charge in [-0.1, -0.05) is 42.5 Å². The molecule has 0 spiro atoms. The highest BCUT2D eigenvalue weighted by atomic mass is 16.7. The molecule has 0 radical (unpaired) electrons. The van der Waals surface area contributed by atoms with Gasteiger partial charge in [-0.05, 0) is 30.2 Å². The fraction of sp³-hybridized carbons (Fsp3) is 0.429. The molecule has 6 nitrogen and oxygen atoms in total. The van der Waals surface area contributed by atoms with Crippen molar-refractivity contribution in [1.29, 1.82) is 0 Å². The molecular weight excluding hydrogens is 348 g/mol. The lowest BCUT2D eigenvalue weighted by Gasteiger charge is -2.41. The Hall–Kier alpha value is -1.96. The third-order valence-corrected chi connectivity index (χ3v) is 4.66. The molecule has 3 rings (SSSR count). The minimum atomic E-state index is -1.21. The molecule has 1 fully saturated rings. The summed E-state index contributed by atoms with van der Waals surface area (Å²) in [6.07, 6.45) is -4.19. The monoisotopic (exact) mass is 374 g/mol. The maximum Gasteiger partial charge on any atom is 0.184 e. The van der Waals surface area contributed by atoms with Crippen LogP contribution >= 0.6 is 0 Å². The first-order valence-corrected chi connectivity index (χ1v) is 9.00. The molecule has 2 aromatic rings. The number of benzene rings is 2. The van der Waals surface area contributed by atoms with Crippen molar-refractivity contribution in [2.75, 3.05) is 7.11 Å². The lowest BCUT2D eigenvalue weighted by molar-refractivity contribution is -0.298. The van der Waals surface area contributed by atoms with Crippen LogP contribution in [0.2, 0.25) is 0 Å². The van der Waals surface area contributed by atoms with Gasteiger partial charge >= 0.3 is 0 Å². The molecule has 5 atom stereocenters. The van der Waals surface area contributed by atoms with Crippen molar-refractivity contribution >= 4 is 0 Å². The van der Waals surface area contributed by atoms with Crippen LogP contribution in [-0.2, 0) is 27.4 Å². The number of aliphatic hydroxyl groups excluding tert-OH is 2. The summed E-state index contributed by atoms with van der Waals surface area (Å²) in [5.41, 5.74) is 1.90. The maximum absolute atomic E-state index is 10.7. The Morgan fingerprint density at radius 3 is 2.07 bits per heavy atom. The van der Waals surface area contributed by atoms with Crippen LogP contribution in [0, 0.1) is 0 Å². The molecule has 1 aliphatic heterocycles. The van der Waals surface area contributed by atoms with Crippen LogP contribution in [0.3, 0.4) is 0 Å².